The number of hydrogen-bond acceptors (Lipinski definition) is 4. The first-order valence-corrected chi connectivity index (χ1v) is 6.12. The molecule has 0 spiro atoms. The summed E-state index contributed by atoms with van der Waals surface area (Å²) in [7, 11) is 0. The van der Waals surface area contributed by atoms with Crippen molar-refractivity contribution in [3.8, 4) is 22.8 Å². The molecule has 4 heteroatoms. The Morgan fingerprint density at radius 2 is 1.70 bits per heavy atom. The minimum Gasteiger partial charge on any atom is -0.507 e. The first-order valence-electron chi connectivity index (χ1n) is 6.12. The second-order valence-electron chi connectivity index (χ2n) is 4.63. The lowest BCUT2D eigenvalue weighted by atomic mass is 10.1. The smallest absolute Gasteiger partial charge is 0.238 e. The SMILES string of the molecule is Cc1ccc(-c2oc3cccc(O)c3c(=O)c2O)cc1. The molecule has 0 saturated carbocycles. The minimum absolute atomic E-state index is 0.0131. The van der Waals surface area contributed by atoms with E-state index in [0.717, 1.165) is 5.56 Å². The molecule has 0 saturated heterocycles. The fraction of sp³-hybridized carbons (Fsp3) is 0.0625. The Morgan fingerprint density at radius 3 is 2.40 bits per heavy atom. The van der Waals surface area contributed by atoms with E-state index in [9.17, 15) is 15.0 Å². The Kier molecular flexibility index (Phi) is 2.71. The molecule has 100 valence electrons. The lowest BCUT2D eigenvalue weighted by molar-refractivity contribution is 0.445. The normalized spacial score (nSPS) is 10.8. The van der Waals surface area contributed by atoms with Crippen LogP contribution < -0.4 is 5.43 Å². The zero-order chi connectivity index (χ0) is 14.3. The van der Waals surface area contributed by atoms with E-state index >= 15 is 0 Å². The molecule has 0 atom stereocenters. The predicted molar refractivity (Wildman–Crippen MR) is 76.0 cm³/mol. The first kappa shape index (κ1) is 12.3. The van der Waals surface area contributed by atoms with Crippen LogP contribution in [0.4, 0.5) is 0 Å². The standard InChI is InChI=1S/C16H12O4/c1-9-5-7-10(8-6-9)16-15(19)14(18)13-11(17)3-2-4-12(13)20-16/h2-8,17,19H,1H3. The van der Waals surface area contributed by atoms with Gasteiger partial charge < -0.3 is 14.6 Å². The lowest BCUT2D eigenvalue weighted by Crippen LogP contribution is -2.02. The van der Waals surface area contributed by atoms with Gasteiger partial charge in [-0.25, -0.2) is 0 Å². The van der Waals surface area contributed by atoms with Crippen molar-refractivity contribution in [1.29, 1.82) is 0 Å². The monoisotopic (exact) mass is 268 g/mol. The van der Waals surface area contributed by atoms with Crippen molar-refractivity contribution in [2.24, 2.45) is 0 Å². The molecule has 2 aromatic carbocycles. The van der Waals surface area contributed by atoms with E-state index in [1.807, 2.05) is 19.1 Å². The Bertz CT molecular complexity index is 845. The summed E-state index contributed by atoms with van der Waals surface area (Å²) in [5, 5.41) is 19.7. The van der Waals surface area contributed by atoms with Crippen molar-refractivity contribution in [3.05, 3.63) is 58.3 Å². The highest BCUT2D eigenvalue weighted by molar-refractivity contribution is 5.86. The Labute approximate surface area is 114 Å². The number of phenols is 1. The van der Waals surface area contributed by atoms with Gasteiger partial charge in [0, 0.05) is 5.56 Å². The number of fused-ring (bicyclic) bond motifs is 1. The molecule has 0 aliphatic heterocycles. The Morgan fingerprint density at radius 1 is 1.00 bits per heavy atom. The minimum atomic E-state index is -0.639. The van der Waals surface area contributed by atoms with Crippen LogP contribution in [0.3, 0.4) is 0 Å². The van der Waals surface area contributed by atoms with Crippen molar-refractivity contribution < 1.29 is 14.6 Å². The van der Waals surface area contributed by atoms with Gasteiger partial charge in [0.1, 0.15) is 16.7 Å². The van der Waals surface area contributed by atoms with Gasteiger partial charge in [0.05, 0.1) is 0 Å². The van der Waals surface area contributed by atoms with Crippen LogP contribution >= 0.6 is 0 Å². The number of benzene rings is 2. The average Bonchev–Trinajstić information content (AvgIpc) is 2.44. The van der Waals surface area contributed by atoms with Gasteiger partial charge in [0.2, 0.25) is 11.2 Å². The van der Waals surface area contributed by atoms with Crippen molar-refractivity contribution in [1.82, 2.24) is 0 Å². The third kappa shape index (κ3) is 1.82. The highest BCUT2D eigenvalue weighted by atomic mass is 16.4. The zero-order valence-electron chi connectivity index (χ0n) is 10.8. The van der Waals surface area contributed by atoms with Gasteiger partial charge in [0.25, 0.3) is 0 Å². The van der Waals surface area contributed by atoms with Crippen molar-refractivity contribution in [3.63, 3.8) is 0 Å². The number of aromatic hydroxyl groups is 2. The van der Waals surface area contributed by atoms with Gasteiger partial charge in [-0.3, -0.25) is 4.79 Å². The molecule has 0 unspecified atom stereocenters. The Hall–Kier alpha value is -2.75. The van der Waals surface area contributed by atoms with Gasteiger partial charge in [-0.05, 0) is 19.1 Å². The van der Waals surface area contributed by atoms with Crippen LogP contribution in [-0.2, 0) is 0 Å². The third-order valence-corrected chi connectivity index (χ3v) is 3.19. The number of rotatable bonds is 1. The number of aryl methyl sites for hydroxylation is 1. The summed E-state index contributed by atoms with van der Waals surface area (Å²) < 4.78 is 5.57. The maximum absolute atomic E-state index is 12.1. The summed E-state index contributed by atoms with van der Waals surface area (Å²) in [6.07, 6.45) is 0. The van der Waals surface area contributed by atoms with Gasteiger partial charge in [-0.15, -0.1) is 0 Å². The zero-order valence-corrected chi connectivity index (χ0v) is 10.8. The van der Waals surface area contributed by atoms with Crippen LogP contribution in [0.25, 0.3) is 22.3 Å². The third-order valence-electron chi connectivity index (χ3n) is 3.19. The summed E-state index contributed by atoms with van der Waals surface area (Å²) in [6, 6.07) is 11.8. The molecule has 20 heavy (non-hydrogen) atoms. The van der Waals surface area contributed by atoms with E-state index in [1.54, 1.807) is 24.3 Å². The largest absolute Gasteiger partial charge is 0.507 e. The van der Waals surface area contributed by atoms with Crippen LogP contribution in [0.1, 0.15) is 5.56 Å². The van der Waals surface area contributed by atoms with Crippen LogP contribution in [0.2, 0.25) is 0 Å². The average molecular weight is 268 g/mol. The first-order chi connectivity index (χ1) is 9.58. The second kappa shape index (κ2) is 4.42. The molecule has 0 aliphatic carbocycles. The highest BCUT2D eigenvalue weighted by Gasteiger charge is 2.17. The van der Waals surface area contributed by atoms with Crippen LogP contribution in [-0.4, -0.2) is 10.2 Å². The summed E-state index contributed by atoms with van der Waals surface area (Å²) in [4.78, 5) is 12.1. The van der Waals surface area contributed by atoms with Gasteiger partial charge >= 0.3 is 0 Å². The molecule has 4 nitrogen and oxygen atoms in total. The number of phenolic OH excluding ortho intramolecular Hbond substituents is 1. The van der Waals surface area contributed by atoms with Crippen molar-refractivity contribution in [2.75, 3.05) is 0 Å². The van der Waals surface area contributed by atoms with Gasteiger partial charge in [-0.1, -0.05) is 35.9 Å². The van der Waals surface area contributed by atoms with Gasteiger partial charge in [0.15, 0.2) is 5.76 Å². The Balaban J connectivity index is 2.36. The topological polar surface area (TPSA) is 70.7 Å². The molecule has 1 aromatic heterocycles. The van der Waals surface area contributed by atoms with Gasteiger partial charge in [-0.2, -0.15) is 0 Å². The predicted octanol–water partition coefficient (Wildman–Crippen LogP) is 3.18. The molecule has 0 fully saturated rings. The van der Waals surface area contributed by atoms with E-state index < -0.39 is 11.2 Å². The summed E-state index contributed by atoms with van der Waals surface area (Å²) >= 11 is 0. The van der Waals surface area contributed by atoms with Crippen LogP contribution in [0, 0.1) is 6.92 Å². The van der Waals surface area contributed by atoms with E-state index in [4.69, 9.17) is 4.42 Å². The van der Waals surface area contributed by atoms with E-state index in [0.29, 0.717) is 5.56 Å². The molecular formula is C16H12O4. The molecule has 2 N–H and O–H groups in total. The molecule has 0 amide bonds. The quantitative estimate of drug-likeness (QED) is 0.711. The highest BCUT2D eigenvalue weighted by Crippen LogP contribution is 2.32. The molecule has 1 heterocycles. The molecule has 0 bridgehead atoms. The number of hydrogen-bond donors (Lipinski definition) is 2. The van der Waals surface area contributed by atoms with Crippen LogP contribution in [0.15, 0.2) is 51.7 Å². The molecule has 0 radical (unpaired) electrons. The van der Waals surface area contributed by atoms with Crippen molar-refractivity contribution in [2.45, 2.75) is 6.92 Å². The van der Waals surface area contributed by atoms with Crippen molar-refractivity contribution >= 4 is 11.0 Å². The van der Waals surface area contributed by atoms with E-state index in [-0.39, 0.29) is 22.5 Å². The van der Waals surface area contributed by atoms with Crippen LogP contribution in [0.5, 0.6) is 11.5 Å². The van der Waals surface area contributed by atoms with E-state index in [1.165, 1.54) is 6.07 Å². The maximum Gasteiger partial charge on any atom is 0.238 e. The fourth-order valence-electron chi connectivity index (χ4n) is 2.11. The summed E-state index contributed by atoms with van der Waals surface area (Å²) in [5.41, 5.74) is 1.27. The molecule has 0 aliphatic rings. The lowest BCUT2D eigenvalue weighted by Gasteiger charge is -2.07. The molecule has 3 rings (SSSR count). The molecular weight excluding hydrogens is 256 g/mol. The summed E-state index contributed by atoms with van der Waals surface area (Å²) in [6.45, 7) is 1.94. The van der Waals surface area contributed by atoms with E-state index in [2.05, 4.69) is 0 Å². The maximum atomic E-state index is 12.1. The summed E-state index contributed by atoms with van der Waals surface area (Å²) in [5.74, 6) is -0.599. The fourth-order valence-corrected chi connectivity index (χ4v) is 2.11. The second-order valence-corrected chi connectivity index (χ2v) is 4.63. The molecule has 3 aromatic rings.